The standard InChI is InChI=1S/C28H27NO2/c1-3-18-11-19-12-23-26(18)16(2)27(19)25(30)14-22-21-13-20(9-10-24(21)29-28(22)23)31-15-17-7-5-4-6-8-17/h3-11,13,16,19,23,26-27,29H,1,12,14-15H2,2H3. The molecule has 1 heterocycles. The predicted molar refractivity (Wildman–Crippen MR) is 123 cm³/mol. The quantitative estimate of drug-likeness (QED) is 0.577. The van der Waals surface area contributed by atoms with Gasteiger partial charge in [-0.3, -0.25) is 4.79 Å². The molecule has 1 N–H and O–H groups in total. The van der Waals surface area contributed by atoms with Gasteiger partial charge >= 0.3 is 0 Å². The molecule has 4 bridgehead atoms. The molecule has 8 rings (SSSR count). The van der Waals surface area contributed by atoms with E-state index >= 15 is 0 Å². The van der Waals surface area contributed by atoms with Crippen LogP contribution in [0.25, 0.3) is 10.9 Å². The van der Waals surface area contributed by atoms with E-state index < -0.39 is 0 Å². The first-order chi connectivity index (χ1) is 15.1. The molecule has 1 aromatic heterocycles. The van der Waals surface area contributed by atoms with Crippen LogP contribution in [0.2, 0.25) is 0 Å². The Morgan fingerprint density at radius 1 is 1.16 bits per heavy atom. The lowest BCUT2D eigenvalue weighted by Crippen LogP contribution is -2.47. The van der Waals surface area contributed by atoms with Gasteiger partial charge in [0, 0.05) is 34.9 Å². The van der Waals surface area contributed by atoms with E-state index in [2.05, 4.69) is 48.8 Å². The number of carbonyl (C=O) groups excluding carboxylic acids is 1. The first-order valence-corrected chi connectivity index (χ1v) is 11.3. The number of H-pyrrole nitrogens is 1. The number of Topliss-reactive ketones (excluding diaryl/α,β-unsaturated/α-hetero) is 1. The van der Waals surface area contributed by atoms with Crippen LogP contribution in [0.15, 0.2) is 72.8 Å². The third-order valence-corrected chi connectivity index (χ3v) is 7.83. The van der Waals surface area contributed by atoms with E-state index in [9.17, 15) is 4.79 Å². The minimum absolute atomic E-state index is 0.139. The second-order valence-electron chi connectivity index (χ2n) is 9.43. The average Bonchev–Trinajstić information content (AvgIpc) is 3.14. The van der Waals surface area contributed by atoms with Crippen LogP contribution in [0, 0.1) is 23.7 Å². The molecule has 1 fully saturated rings. The summed E-state index contributed by atoms with van der Waals surface area (Å²) >= 11 is 0. The third kappa shape index (κ3) is 2.83. The Hall–Kier alpha value is -3.07. The molecule has 5 unspecified atom stereocenters. The van der Waals surface area contributed by atoms with Crippen molar-refractivity contribution in [1.29, 1.82) is 0 Å². The molecule has 0 radical (unpaired) electrons. The minimum atomic E-state index is 0.139. The van der Waals surface area contributed by atoms with Crippen LogP contribution in [0.4, 0.5) is 0 Å². The lowest BCUT2D eigenvalue weighted by molar-refractivity contribution is -0.128. The Labute approximate surface area is 182 Å². The van der Waals surface area contributed by atoms with Crippen LogP contribution >= 0.6 is 0 Å². The highest BCUT2D eigenvalue weighted by atomic mass is 16.5. The van der Waals surface area contributed by atoms with E-state index in [0.29, 0.717) is 42.5 Å². The molecule has 0 aliphatic heterocycles. The molecule has 5 aliphatic rings. The van der Waals surface area contributed by atoms with E-state index in [4.69, 9.17) is 4.74 Å². The number of hydrogen-bond acceptors (Lipinski definition) is 2. The van der Waals surface area contributed by atoms with Crippen molar-refractivity contribution in [3.63, 3.8) is 0 Å². The summed E-state index contributed by atoms with van der Waals surface area (Å²) in [5.74, 6) is 2.89. The van der Waals surface area contributed by atoms with Crippen LogP contribution in [-0.2, 0) is 17.8 Å². The van der Waals surface area contributed by atoms with Gasteiger partial charge in [-0.2, -0.15) is 0 Å². The zero-order valence-electron chi connectivity index (χ0n) is 17.8. The first-order valence-electron chi connectivity index (χ1n) is 11.3. The van der Waals surface area contributed by atoms with Crippen molar-refractivity contribution in [3.8, 4) is 5.75 Å². The number of allylic oxidation sites excluding steroid dienone is 3. The fraction of sp³-hybridized carbons (Fsp3) is 0.321. The number of aromatic nitrogens is 1. The Morgan fingerprint density at radius 2 is 2.00 bits per heavy atom. The van der Waals surface area contributed by atoms with Crippen molar-refractivity contribution in [3.05, 3.63) is 89.7 Å². The summed E-state index contributed by atoms with van der Waals surface area (Å²) in [6, 6.07) is 16.4. The fourth-order valence-corrected chi connectivity index (χ4v) is 6.54. The number of fused-ring (bicyclic) bond motifs is 2. The monoisotopic (exact) mass is 409 g/mol. The van der Waals surface area contributed by atoms with E-state index in [1.807, 2.05) is 30.3 Å². The van der Waals surface area contributed by atoms with Gasteiger partial charge in [0.2, 0.25) is 0 Å². The van der Waals surface area contributed by atoms with Gasteiger partial charge in [-0.15, -0.1) is 0 Å². The van der Waals surface area contributed by atoms with Crippen LogP contribution < -0.4 is 4.74 Å². The van der Waals surface area contributed by atoms with E-state index in [0.717, 1.165) is 28.6 Å². The molecule has 2 aromatic carbocycles. The number of nitrogens with one attached hydrogen (secondary N) is 1. The Bertz CT molecular complexity index is 1220. The van der Waals surface area contributed by atoms with Gasteiger partial charge in [0.15, 0.2) is 0 Å². The fourth-order valence-electron chi connectivity index (χ4n) is 6.54. The minimum Gasteiger partial charge on any atom is -0.489 e. The van der Waals surface area contributed by atoms with Gasteiger partial charge in [-0.25, -0.2) is 0 Å². The summed E-state index contributed by atoms with van der Waals surface area (Å²) in [4.78, 5) is 17.1. The van der Waals surface area contributed by atoms with Gasteiger partial charge in [0.25, 0.3) is 0 Å². The highest BCUT2D eigenvalue weighted by Crippen LogP contribution is 2.57. The molecule has 0 saturated heterocycles. The Kier molecular flexibility index (Phi) is 4.21. The molecule has 0 amide bonds. The molecular weight excluding hydrogens is 382 g/mol. The number of hydrogen-bond donors (Lipinski definition) is 1. The SMILES string of the molecule is C=CC1=CC2CC3c4[nH]c5ccc(OCc6ccccc6)cc5c4CC(=O)C2C(C)C13. The number of benzene rings is 2. The Balaban J connectivity index is 1.41. The molecule has 1 saturated carbocycles. The van der Waals surface area contributed by atoms with Crippen molar-refractivity contribution in [2.45, 2.75) is 32.3 Å². The lowest BCUT2D eigenvalue weighted by atomic mass is 9.52. The van der Waals surface area contributed by atoms with E-state index in [-0.39, 0.29) is 5.92 Å². The van der Waals surface area contributed by atoms with Gasteiger partial charge in [-0.05, 0) is 59.1 Å². The van der Waals surface area contributed by atoms with Crippen molar-refractivity contribution in [1.82, 2.24) is 4.98 Å². The van der Waals surface area contributed by atoms with Crippen LogP contribution in [-0.4, -0.2) is 10.8 Å². The summed E-state index contributed by atoms with van der Waals surface area (Å²) in [7, 11) is 0. The summed E-state index contributed by atoms with van der Waals surface area (Å²) < 4.78 is 6.08. The highest BCUT2D eigenvalue weighted by molar-refractivity contribution is 5.94. The first kappa shape index (κ1) is 18.7. The van der Waals surface area contributed by atoms with Crippen LogP contribution in [0.3, 0.4) is 0 Å². The Morgan fingerprint density at radius 3 is 2.77 bits per heavy atom. The zero-order chi connectivity index (χ0) is 21.1. The predicted octanol–water partition coefficient (Wildman–Crippen LogP) is 5.97. The molecule has 156 valence electrons. The van der Waals surface area contributed by atoms with Crippen molar-refractivity contribution < 1.29 is 9.53 Å². The van der Waals surface area contributed by atoms with Gasteiger partial charge < -0.3 is 9.72 Å². The molecule has 5 aliphatic carbocycles. The maximum atomic E-state index is 13.4. The highest BCUT2D eigenvalue weighted by Gasteiger charge is 2.52. The maximum absolute atomic E-state index is 13.4. The normalized spacial score (nSPS) is 28.7. The molecular formula is C28H27NO2. The van der Waals surface area contributed by atoms with Gasteiger partial charge in [-0.1, -0.05) is 56.0 Å². The second-order valence-corrected chi connectivity index (χ2v) is 9.43. The van der Waals surface area contributed by atoms with Crippen LogP contribution in [0.1, 0.15) is 36.1 Å². The smallest absolute Gasteiger partial charge is 0.141 e. The summed E-state index contributed by atoms with van der Waals surface area (Å²) in [6.07, 6.45) is 5.92. The summed E-state index contributed by atoms with van der Waals surface area (Å²) in [6.45, 7) is 6.88. The number of carbonyl (C=O) groups is 1. The molecule has 3 heteroatoms. The maximum Gasteiger partial charge on any atom is 0.141 e. The number of aromatic amines is 1. The van der Waals surface area contributed by atoms with Crippen molar-refractivity contribution in [2.75, 3.05) is 0 Å². The summed E-state index contributed by atoms with van der Waals surface area (Å²) in [5, 5.41) is 1.13. The third-order valence-electron chi connectivity index (χ3n) is 7.83. The molecule has 5 atom stereocenters. The number of rotatable bonds is 4. The number of ketones is 1. The van der Waals surface area contributed by atoms with Crippen molar-refractivity contribution >= 4 is 16.7 Å². The molecule has 3 nitrogen and oxygen atoms in total. The average molecular weight is 410 g/mol. The molecule has 31 heavy (non-hydrogen) atoms. The molecule has 0 spiro atoms. The molecule has 3 aromatic rings. The van der Waals surface area contributed by atoms with Crippen LogP contribution in [0.5, 0.6) is 5.75 Å². The van der Waals surface area contributed by atoms with Gasteiger partial charge in [0.05, 0.1) is 0 Å². The zero-order valence-corrected chi connectivity index (χ0v) is 17.8. The van der Waals surface area contributed by atoms with E-state index in [1.54, 1.807) is 0 Å². The lowest BCUT2D eigenvalue weighted by Gasteiger charge is -2.51. The summed E-state index contributed by atoms with van der Waals surface area (Å²) in [5.41, 5.74) is 6.02. The van der Waals surface area contributed by atoms with E-state index in [1.165, 1.54) is 16.8 Å². The van der Waals surface area contributed by atoms with Crippen molar-refractivity contribution in [2.24, 2.45) is 23.7 Å². The number of ether oxygens (including phenoxy) is 1. The topological polar surface area (TPSA) is 42.1 Å². The van der Waals surface area contributed by atoms with Gasteiger partial charge in [0.1, 0.15) is 18.1 Å². The second kappa shape index (κ2) is 6.98. The largest absolute Gasteiger partial charge is 0.489 e.